The number of carbonyl (C=O) groups is 1. The summed E-state index contributed by atoms with van der Waals surface area (Å²) in [5, 5.41) is 0. The van der Waals surface area contributed by atoms with Gasteiger partial charge in [0.25, 0.3) is 0 Å². The SMILES string of the molecule is COC(=O)CCCCCCCCO[C@H]1O[C@H](CO[C@@H]2O[C@H](COCc3ccccc3)[C@@H](OCc3ccccc3)[C@H](OCc3ccccc3)[C@@H]2OCc2ccccc2)[C@@H](OCc2ccccc2)[C@H](OCc2ccccc2)[C@@H]1OCc1ccccc1. The zero-order chi connectivity index (χ0) is 57.6. The summed E-state index contributed by atoms with van der Waals surface area (Å²) in [6, 6.07) is 70.6. The van der Waals surface area contributed by atoms with E-state index in [4.69, 9.17) is 56.8 Å². The quantitative estimate of drug-likeness (QED) is 0.0276. The molecule has 0 bridgehead atoms. The van der Waals surface area contributed by atoms with Crippen LogP contribution in [-0.2, 0) is 108 Å². The Hall–Kier alpha value is -6.43. The first-order valence-electron chi connectivity index (χ1n) is 29.7. The molecule has 2 fully saturated rings. The standard InChI is InChI=1S/C71H82O13/c1-73-63(72)43-27-4-2-3-5-28-44-75-70-68(80-50-59-39-23-11-24-40-59)67(79-49-58-37-21-10-22-38-58)65(77-47-56-33-17-8-18-34-56)62(84-70)53-82-71-69(81-51-60-41-25-12-26-42-60)66(78-48-57-35-19-9-20-36-57)64(76-46-55-31-15-7-16-32-55)61(83-71)52-74-45-54-29-13-6-14-30-54/h6-26,29-42,61-62,64-71H,2-5,27-28,43-53H2,1H3/t61-,62-,64-,65-,66+,67+,68+,69+,70+,71-/m1/s1. The predicted octanol–water partition coefficient (Wildman–Crippen LogP) is 13.1. The molecule has 7 aromatic rings. The normalized spacial score (nSPS) is 22.3. The molecule has 0 amide bonds. The van der Waals surface area contributed by atoms with Crippen LogP contribution in [0.2, 0.25) is 0 Å². The molecule has 0 radical (unpaired) electrons. The van der Waals surface area contributed by atoms with E-state index >= 15 is 0 Å². The summed E-state index contributed by atoms with van der Waals surface area (Å²) in [6.45, 7) is 2.49. The fourth-order valence-corrected chi connectivity index (χ4v) is 10.5. The molecule has 0 N–H and O–H groups in total. The van der Waals surface area contributed by atoms with E-state index in [0.29, 0.717) is 26.2 Å². The first kappa shape index (κ1) is 62.1. The number of esters is 1. The number of hydrogen-bond donors (Lipinski definition) is 0. The Morgan fingerprint density at radius 2 is 0.619 bits per heavy atom. The fraction of sp³-hybridized carbons (Fsp3) is 0.394. The third kappa shape index (κ3) is 20.1. The van der Waals surface area contributed by atoms with Gasteiger partial charge in [-0.25, -0.2) is 0 Å². The van der Waals surface area contributed by atoms with Gasteiger partial charge in [0.05, 0.1) is 66.6 Å². The summed E-state index contributed by atoms with van der Waals surface area (Å²) in [6.07, 6.45) is -1.89. The van der Waals surface area contributed by atoms with Crippen molar-refractivity contribution >= 4 is 5.97 Å². The van der Waals surface area contributed by atoms with Crippen molar-refractivity contribution in [3.05, 3.63) is 251 Å². The van der Waals surface area contributed by atoms with Crippen molar-refractivity contribution in [2.75, 3.05) is 26.9 Å². The molecule has 0 spiro atoms. The molecule has 2 saturated heterocycles. The van der Waals surface area contributed by atoms with Gasteiger partial charge in [0.1, 0.15) is 48.8 Å². The van der Waals surface area contributed by atoms with Crippen molar-refractivity contribution < 1.29 is 61.6 Å². The van der Waals surface area contributed by atoms with Crippen molar-refractivity contribution in [1.29, 1.82) is 0 Å². The number of unbranched alkanes of at least 4 members (excludes halogenated alkanes) is 5. The molecule has 10 atom stereocenters. The van der Waals surface area contributed by atoms with Gasteiger partial charge in [0.2, 0.25) is 0 Å². The lowest BCUT2D eigenvalue weighted by atomic mass is 9.96. The monoisotopic (exact) mass is 1140 g/mol. The number of hydrogen-bond acceptors (Lipinski definition) is 13. The van der Waals surface area contributed by atoms with Crippen LogP contribution in [0.15, 0.2) is 212 Å². The number of ether oxygens (including phenoxy) is 12. The Bertz CT molecular complexity index is 2840. The number of carbonyl (C=O) groups excluding carboxylic acids is 1. The smallest absolute Gasteiger partial charge is 0.305 e. The molecule has 0 unspecified atom stereocenters. The van der Waals surface area contributed by atoms with Crippen LogP contribution in [0.4, 0.5) is 0 Å². The van der Waals surface area contributed by atoms with Crippen LogP contribution in [0.5, 0.6) is 0 Å². The Morgan fingerprint density at radius 1 is 0.321 bits per heavy atom. The largest absolute Gasteiger partial charge is 0.469 e. The molecule has 84 heavy (non-hydrogen) atoms. The minimum absolute atomic E-state index is 0.0319. The maximum absolute atomic E-state index is 11.7. The molecule has 0 saturated carbocycles. The molecule has 2 aliphatic heterocycles. The van der Waals surface area contributed by atoms with Gasteiger partial charge in [-0.05, 0) is 51.8 Å². The summed E-state index contributed by atoms with van der Waals surface area (Å²) in [7, 11) is 1.43. The van der Waals surface area contributed by atoms with Gasteiger partial charge in [-0.1, -0.05) is 238 Å². The number of methoxy groups -OCH3 is 1. The lowest BCUT2D eigenvalue weighted by Crippen LogP contribution is -2.64. The molecule has 9 rings (SSSR count). The van der Waals surface area contributed by atoms with Crippen molar-refractivity contribution in [3.8, 4) is 0 Å². The Balaban J connectivity index is 1.04. The summed E-state index contributed by atoms with van der Waals surface area (Å²) in [5.41, 5.74) is 6.95. The summed E-state index contributed by atoms with van der Waals surface area (Å²) < 4.78 is 82.1. The Kier molecular flexibility index (Phi) is 26.0. The second-order valence-corrected chi connectivity index (χ2v) is 21.3. The van der Waals surface area contributed by atoms with Gasteiger partial charge >= 0.3 is 5.97 Å². The Labute approximate surface area is 496 Å². The van der Waals surface area contributed by atoms with Gasteiger partial charge in [0.15, 0.2) is 12.6 Å². The molecule has 0 aliphatic carbocycles. The fourth-order valence-electron chi connectivity index (χ4n) is 10.5. The molecule has 7 aromatic carbocycles. The average Bonchev–Trinajstić information content (AvgIpc) is 3.44. The summed E-state index contributed by atoms with van der Waals surface area (Å²) >= 11 is 0. The maximum atomic E-state index is 11.7. The van der Waals surface area contributed by atoms with E-state index in [0.717, 1.165) is 77.5 Å². The van der Waals surface area contributed by atoms with E-state index < -0.39 is 61.4 Å². The molecule has 0 aromatic heterocycles. The van der Waals surface area contributed by atoms with Crippen LogP contribution < -0.4 is 0 Å². The number of benzene rings is 7. The van der Waals surface area contributed by atoms with Crippen LogP contribution in [0.25, 0.3) is 0 Å². The van der Waals surface area contributed by atoms with Crippen molar-refractivity contribution in [2.45, 2.75) is 153 Å². The van der Waals surface area contributed by atoms with Crippen molar-refractivity contribution in [2.24, 2.45) is 0 Å². The van der Waals surface area contributed by atoms with Crippen molar-refractivity contribution in [3.63, 3.8) is 0 Å². The second-order valence-electron chi connectivity index (χ2n) is 21.3. The first-order valence-corrected chi connectivity index (χ1v) is 29.7. The maximum Gasteiger partial charge on any atom is 0.305 e. The third-order valence-electron chi connectivity index (χ3n) is 15.0. The zero-order valence-electron chi connectivity index (χ0n) is 48.3. The van der Waals surface area contributed by atoms with Crippen LogP contribution in [0.3, 0.4) is 0 Å². The highest BCUT2D eigenvalue weighted by Gasteiger charge is 2.52. The minimum Gasteiger partial charge on any atom is -0.469 e. The zero-order valence-corrected chi connectivity index (χ0v) is 48.3. The lowest BCUT2D eigenvalue weighted by molar-refractivity contribution is -0.353. The molecular formula is C71H82O13. The number of rotatable bonds is 35. The van der Waals surface area contributed by atoms with Crippen LogP contribution in [-0.4, -0.2) is 94.3 Å². The van der Waals surface area contributed by atoms with Gasteiger partial charge in [-0.3, -0.25) is 4.79 Å². The van der Waals surface area contributed by atoms with E-state index in [-0.39, 0.29) is 52.2 Å². The summed E-state index contributed by atoms with van der Waals surface area (Å²) in [5.74, 6) is -0.173. The van der Waals surface area contributed by atoms with E-state index in [1.165, 1.54) is 7.11 Å². The van der Waals surface area contributed by atoms with E-state index in [2.05, 4.69) is 0 Å². The van der Waals surface area contributed by atoms with Crippen LogP contribution >= 0.6 is 0 Å². The predicted molar refractivity (Wildman–Crippen MR) is 320 cm³/mol. The molecule has 2 aliphatic rings. The molecule has 444 valence electrons. The van der Waals surface area contributed by atoms with Crippen LogP contribution in [0.1, 0.15) is 83.9 Å². The second kappa shape index (κ2) is 35.1. The molecule has 2 heterocycles. The first-order chi connectivity index (χ1) is 41.6. The highest BCUT2D eigenvalue weighted by molar-refractivity contribution is 5.69. The highest BCUT2D eigenvalue weighted by Crippen LogP contribution is 2.35. The third-order valence-corrected chi connectivity index (χ3v) is 15.0. The van der Waals surface area contributed by atoms with Crippen LogP contribution in [0, 0.1) is 0 Å². The lowest BCUT2D eigenvalue weighted by Gasteiger charge is -2.48. The van der Waals surface area contributed by atoms with E-state index in [9.17, 15) is 4.79 Å². The van der Waals surface area contributed by atoms with E-state index in [1.807, 2.05) is 212 Å². The molecule has 13 nitrogen and oxygen atoms in total. The van der Waals surface area contributed by atoms with Gasteiger partial charge in [-0.15, -0.1) is 0 Å². The average molecular weight is 1140 g/mol. The highest BCUT2D eigenvalue weighted by atomic mass is 16.8. The van der Waals surface area contributed by atoms with E-state index in [1.54, 1.807) is 0 Å². The topological polar surface area (TPSA) is 128 Å². The molecular weight excluding hydrogens is 1060 g/mol. The van der Waals surface area contributed by atoms with Gasteiger partial charge < -0.3 is 56.8 Å². The van der Waals surface area contributed by atoms with Gasteiger partial charge in [0, 0.05) is 13.0 Å². The molecule has 13 heteroatoms. The Morgan fingerprint density at radius 3 is 0.988 bits per heavy atom. The summed E-state index contributed by atoms with van der Waals surface area (Å²) in [4.78, 5) is 11.7. The van der Waals surface area contributed by atoms with Crippen molar-refractivity contribution in [1.82, 2.24) is 0 Å². The van der Waals surface area contributed by atoms with Gasteiger partial charge in [-0.2, -0.15) is 0 Å². The minimum atomic E-state index is -1.03.